The van der Waals surface area contributed by atoms with Crippen LogP contribution in [0.15, 0.2) is 83.8 Å². The molecule has 7 heteroatoms. The third kappa shape index (κ3) is 4.13. The summed E-state index contributed by atoms with van der Waals surface area (Å²) in [6.07, 6.45) is 1.66. The minimum absolute atomic E-state index is 0.0794. The van der Waals surface area contributed by atoms with E-state index in [0.717, 1.165) is 5.69 Å². The van der Waals surface area contributed by atoms with Crippen LogP contribution in [-0.4, -0.2) is 48.7 Å². The van der Waals surface area contributed by atoms with Gasteiger partial charge < -0.3 is 14.5 Å². The normalized spacial score (nSPS) is 13.8. The summed E-state index contributed by atoms with van der Waals surface area (Å²) in [6, 6.07) is 22.3. The Kier molecular flexibility index (Phi) is 5.99. The number of carbonyl (C=O) groups is 1. The van der Waals surface area contributed by atoms with Crippen molar-refractivity contribution in [2.75, 3.05) is 38.2 Å². The summed E-state index contributed by atoms with van der Waals surface area (Å²) in [7, 11) is 1.60. The number of amides is 1. The molecule has 0 aliphatic carbocycles. The van der Waals surface area contributed by atoms with Crippen molar-refractivity contribution in [1.82, 2.24) is 9.47 Å². The van der Waals surface area contributed by atoms with E-state index in [0.29, 0.717) is 59.0 Å². The molecule has 6 nitrogen and oxygen atoms in total. The van der Waals surface area contributed by atoms with Gasteiger partial charge in [0.05, 0.1) is 12.7 Å². The number of fused-ring (bicyclic) bond motifs is 1. The van der Waals surface area contributed by atoms with Crippen molar-refractivity contribution in [3.8, 4) is 11.4 Å². The average molecular weight is 474 g/mol. The largest absolute Gasteiger partial charge is 0.497 e. The number of hydrogen-bond acceptors (Lipinski definition) is 4. The van der Waals surface area contributed by atoms with Gasteiger partial charge in [0.1, 0.15) is 5.75 Å². The Morgan fingerprint density at radius 3 is 2.24 bits per heavy atom. The molecule has 1 aliphatic rings. The molecule has 5 rings (SSSR count). The maximum Gasteiger partial charge on any atom is 0.262 e. The maximum absolute atomic E-state index is 13.7. The van der Waals surface area contributed by atoms with Crippen molar-refractivity contribution >= 4 is 34.0 Å². The van der Waals surface area contributed by atoms with Crippen LogP contribution in [0.25, 0.3) is 16.5 Å². The Hall–Kier alpha value is -3.77. The second-order valence-electron chi connectivity index (χ2n) is 8.22. The number of nitrogens with zero attached hydrogens (tertiary/aromatic N) is 3. The molecule has 0 N–H and O–H groups in total. The van der Waals surface area contributed by atoms with Gasteiger partial charge in [-0.05, 0) is 48.5 Å². The highest BCUT2D eigenvalue weighted by molar-refractivity contribution is 6.30. The van der Waals surface area contributed by atoms with Crippen LogP contribution < -0.4 is 15.2 Å². The summed E-state index contributed by atoms with van der Waals surface area (Å²) in [6.45, 7) is 2.59. The molecule has 4 aromatic rings. The van der Waals surface area contributed by atoms with E-state index >= 15 is 0 Å². The van der Waals surface area contributed by atoms with Crippen LogP contribution >= 0.6 is 11.6 Å². The third-order valence-corrected chi connectivity index (χ3v) is 6.48. The van der Waals surface area contributed by atoms with Crippen LogP contribution in [-0.2, 0) is 0 Å². The van der Waals surface area contributed by atoms with Crippen molar-refractivity contribution in [2.24, 2.45) is 0 Å². The van der Waals surface area contributed by atoms with Crippen LogP contribution in [0.1, 0.15) is 10.4 Å². The van der Waals surface area contributed by atoms with Crippen LogP contribution in [0.5, 0.6) is 5.75 Å². The van der Waals surface area contributed by atoms with E-state index in [1.165, 1.54) is 4.57 Å². The second kappa shape index (κ2) is 9.23. The van der Waals surface area contributed by atoms with Gasteiger partial charge in [-0.3, -0.25) is 14.2 Å². The van der Waals surface area contributed by atoms with Gasteiger partial charge in [0, 0.05) is 59.5 Å². The number of rotatable bonds is 4. The first kappa shape index (κ1) is 22.0. The quantitative estimate of drug-likeness (QED) is 0.434. The number of hydrogen-bond donors (Lipinski definition) is 0. The van der Waals surface area contributed by atoms with Crippen LogP contribution in [0, 0.1) is 0 Å². The topological polar surface area (TPSA) is 54.8 Å². The van der Waals surface area contributed by atoms with Gasteiger partial charge >= 0.3 is 0 Å². The third-order valence-electron chi connectivity index (χ3n) is 6.25. The predicted molar refractivity (Wildman–Crippen MR) is 136 cm³/mol. The summed E-state index contributed by atoms with van der Waals surface area (Å²) in [4.78, 5) is 31.0. The molecule has 1 saturated heterocycles. The number of anilines is 1. The van der Waals surface area contributed by atoms with Crippen molar-refractivity contribution in [3.63, 3.8) is 0 Å². The van der Waals surface area contributed by atoms with Crippen LogP contribution in [0.2, 0.25) is 5.02 Å². The van der Waals surface area contributed by atoms with E-state index in [2.05, 4.69) is 4.90 Å². The standard InChI is InChI=1S/C27H24ClN3O3/c1-34-22-11-9-20(10-12-22)31-18-25(23-7-2-3-8-24(23)27(31)33)26(32)30-15-13-29(14-16-30)21-6-4-5-19(28)17-21/h2-12,17-18H,13-16H2,1H3. The highest BCUT2D eigenvalue weighted by atomic mass is 35.5. The highest BCUT2D eigenvalue weighted by Gasteiger charge is 2.25. The number of benzene rings is 3. The summed E-state index contributed by atoms with van der Waals surface area (Å²) in [5, 5.41) is 1.88. The van der Waals surface area contributed by atoms with Crippen molar-refractivity contribution < 1.29 is 9.53 Å². The summed E-state index contributed by atoms with van der Waals surface area (Å²) in [5.41, 5.74) is 2.08. The predicted octanol–water partition coefficient (Wildman–Crippen LogP) is 4.62. The van der Waals surface area contributed by atoms with E-state index < -0.39 is 0 Å². The molecule has 0 atom stereocenters. The maximum atomic E-state index is 13.7. The zero-order valence-corrected chi connectivity index (χ0v) is 19.5. The molecule has 1 fully saturated rings. The number of carbonyl (C=O) groups excluding carboxylic acids is 1. The Morgan fingerprint density at radius 2 is 1.56 bits per heavy atom. The van der Waals surface area contributed by atoms with E-state index in [4.69, 9.17) is 16.3 Å². The minimum Gasteiger partial charge on any atom is -0.497 e. The summed E-state index contributed by atoms with van der Waals surface area (Å²) < 4.78 is 6.77. The SMILES string of the molecule is COc1ccc(-n2cc(C(=O)N3CCN(c4cccc(Cl)c4)CC3)c3ccccc3c2=O)cc1. The first-order chi connectivity index (χ1) is 16.5. The van der Waals surface area contributed by atoms with E-state index in [1.54, 1.807) is 31.5 Å². The average Bonchev–Trinajstić information content (AvgIpc) is 2.89. The summed E-state index contributed by atoms with van der Waals surface area (Å²) >= 11 is 6.15. The van der Waals surface area contributed by atoms with Crippen molar-refractivity contribution in [3.05, 3.63) is 99.9 Å². The van der Waals surface area contributed by atoms with Gasteiger partial charge in [-0.2, -0.15) is 0 Å². The lowest BCUT2D eigenvalue weighted by Gasteiger charge is -2.36. The van der Waals surface area contributed by atoms with Gasteiger partial charge in [0.25, 0.3) is 11.5 Å². The van der Waals surface area contributed by atoms with E-state index in [9.17, 15) is 9.59 Å². The van der Waals surface area contributed by atoms with E-state index in [1.807, 2.05) is 59.5 Å². The lowest BCUT2D eigenvalue weighted by Crippen LogP contribution is -2.49. The summed E-state index contributed by atoms with van der Waals surface area (Å²) in [5.74, 6) is 0.621. The molecule has 1 aromatic heterocycles. The fraction of sp³-hybridized carbons (Fsp3) is 0.185. The Labute approximate surface area is 202 Å². The van der Waals surface area contributed by atoms with Gasteiger partial charge in [-0.1, -0.05) is 35.9 Å². The zero-order valence-electron chi connectivity index (χ0n) is 18.8. The molecule has 0 bridgehead atoms. The van der Waals surface area contributed by atoms with Crippen molar-refractivity contribution in [2.45, 2.75) is 0 Å². The fourth-order valence-corrected chi connectivity index (χ4v) is 4.59. The number of ether oxygens (including phenoxy) is 1. The molecule has 3 aromatic carbocycles. The Bertz CT molecular complexity index is 1410. The zero-order chi connectivity index (χ0) is 23.7. The fourth-order valence-electron chi connectivity index (χ4n) is 4.41. The number of methoxy groups -OCH3 is 1. The van der Waals surface area contributed by atoms with Gasteiger partial charge in [-0.25, -0.2) is 0 Å². The Balaban J connectivity index is 1.47. The first-order valence-electron chi connectivity index (χ1n) is 11.1. The monoisotopic (exact) mass is 473 g/mol. The molecule has 172 valence electrons. The molecular formula is C27H24ClN3O3. The minimum atomic E-state index is -0.164. The molecule has 2 heterocycles. The van der Waals surface area contributed by atoms with Crippen LogP contribution in [0.3, 0.4) is 0 Å². The van der Waals surface area contributed by atoms with Crippen LogP contribution in [0.4, 0.5) is 5.69 Å². The molecular weight excluding hydrogens is 450 g/mol. The molecule has 0 saturated carbocycles. The molecule has 0 radical (unpaired) electrons. The molecule has 0 unspecified atom stereocenters. The first-order valence-corrected chi connectivity index (χ1v) is 11.5. The van der Waals surface area contributed by atoms with Gasteiger partial charge in [0.2, 0.25) is 0 Å². The lowest BCUT2D eigenvalue weighted by molar-refractivity contribution is 0.0748. The molecule has 1 aliphatic heterocycles. The number of halogens is 1. The van der Waals surface area contributed by atoms with Gasteiger partial charge in [-0.15, -0.1) is 0 Å². The highest BCUT2D eigenvalue weighted by Crippen LogP contribution is 2.24. The molecule has 34 heavy (non-hydrogen) atoms. The number of pyridine rings is 1. The Morgan fingerprint density at radius 1 is 0.853 bits per heavy atom. The molecule has 0 spiro atoms. The van der Waals surface area contributed by atoms with E-state index in [-0.39, 0.29) is 11.5 Å². The van der Waals surface area contributed by atoms with Crippen molar-refractivity contribution in [1.29, 1.82) is 0 Å². The smallest absolute Gasteiger partial charge is 0.262 e. The number of aromatic nitrogens is 1. The van der Waals surface area contributed by atoms with Gasteiger partial charge in [0.15, 0.2) is 0 Å². The number of piperazine rings is 1. The lowest BCUT2D eigenvalue weighted by atomic mass is 10.1. The second-order valence-corrected chi connectivity index (χ2v) is 8.66. The molecule has 1 amide bonds.